The summed E-state index contributed by atoms with van der Waals surface area (Å²) in [6.45, 7) is 1.69. The van der Waals surface area contributed by atoms with Crippen molar-refractivity contribution in [2.75, 3.05) is 18.4 Å². The second-order valence-corrected chi connectivity index (χ2v) is 8.50. The van der Waals surface area contributed by atoms with Crippen molar-refractivity contribution < 1.29 is 9.18 Å². The predicted octanol–water partition coefficient (Wildman–Crippen LogP) is 5.67. The van der Waals surface area contributed by atoms with Crippen LogP contribution in [-0.4, -0.2) is 23.9 Å². The van der Waals surface area contributed by atoms with E-state index in [0.717, 1.165) is 49.2 Å². The Balaban J connectivity index is 1.53. The van der Waals surface area contributed by atoms with E-state index in [1.807, 2.05) is 29.2 Å². The van der Waals surface area contributed by atoms with Gasteiger partial charge in [0, 0.05) is 19.0 Å². The predicted molar refractivity (Wildman–Crippen MR) is 114 cm³/mol. The number of para-hydroxylation sites is 1. The molecule has 1 saturated heterocycles. The number of hydrogen-bond donors (Lipinski definition) is 1. The maximum atomic E-state index is 13.5. The molecule has 0 bridgehead atoms. The van der Waals surface area contributed by atoms with Gasteiger partial charge in [-0.2, -0.15) is 0 Å². The first-order chi connectivity index (χ1) is 14.2. The zero-order valence-electron chi connectivity index (χ0n) is 16.6. The van der Waals surface area contributed by atoms with Crippen LogP contribution in [0.25, 0.3) is 0 Å². The van der Waals surface area contributed by atoms with Gasteiger partial charge < -0.3 is 10.2 Å². The van der Waals surface area contributed by atoms with Gasteiger partial charge in [-0.3, -0.25) is 4.79 Å². The molecule has 3 unspecified atom stereocenters. The number of nitrogens with zero attached hydrogens (tertiary/aromatic N) is 1. The summed E-state index contributed by atoms with van der Waals surface area (Å²) in [7, 11) is 0. The SMILES string of the molecule is O=C(c1cccc2c1NC(c1ccc(F)cc1)C1CC=CC21)N1CCCCCC1. The number of hydrogen-bond acceptors (Lipinski definition) is 2. The van der Waals surface area contributed by atoms with Gasteiger partial charge in [0.15, 0.2) is 0 Å². The topological polar surface area (TPSA) is 32.3 Å². The highest BCUT2D eigenvalue weighted by Gasteiger charge is 2.39. The van der Waals surface area contributed by atoms with E-state index >= 15 is 0 Å². The average Bonchev–Trinajstić information content (AvgIpc) is 3.08. The van der Waals surface area contributed by atoms with Gasteiger partial charge in [-0.05, 0) is 54.5 Å². The molecule has 29 heavy (non-hydrogen) atoms. The summed E-state index contributed by atoms with van der Waals surface area (Å²) in [6, 6.07) is 13.0. The molecule has 0 saturated carbocycles. The molecule has 2 aromatic carbocycles. The van der Waals surface area contributed by atoms with Crippen molar-refractivity contribution in [1.29, 1.82) is 0 Å². The van der Waals surface area contributed by atoms with E-state index in [2.05, 4.69) is 23.5 Å². The smallest absolute Gasteiger partial charge is 0.255 e. The number of amides is 1. The third kappa shape index (κ3) is 3.35. The molecule has 3 atom stereocenters. The van der Waals surface area contributed by atoms with Gasteiger partial charge in [0.1, 0.15) is 5.82 Å². The Bertz CT molecular complexity index is 928. The summed E-state index contributed by atoms with van der Waals surface area (Å²) in [4.78, 5) is 15.4. The molecule has 1 N–H and O–H groups in total. The Morgan fingerprint density at radius 3 is 2.52 bits per heavy atom. The van der Waals surface area contributed by atoms with Crippen LogP contribution in [0.5, 0.6) is 0 Å². The summed E-state index contributed by atoms with van der Waals surface area (Å²) in [6.07, 6.45) is 10.1. The van der Waals surface area contributed by atoms with Crippen molar-refractivity contribution in [2.24, 2.45) is 5.92 Å². The van der Waals surface area contributed by atoms with Crippen molar-refractivity contribution in [3.63, 3.8) is 0 Å². The van der Waals surface area contributed by atoms with E-state index in [9.17, 15) is 9.18 Å². The standard InChI is InChI=1S/C25H27FN2O/c26-18-13-11-17(12-14-18)23-20-8-5-7-19(20)21-9-6-10-22(24(21)27-23)25(29)28-15-3-1-2-4-16-28/h5-7,9-14,19-20,23,27H,1-4,8,15-16H2. The number of fused-ring (bicyclic) bond motifs is 3. The first-order valence-corrected chi connectivity index (χ1v) is 10.8. The fraction of sp³-hybridized carbons (Fsp3) is 0.400. The average molecular weight is 391 g/mol. The number of rotatable bonds is 2. The summed E-state index contributed by atoms with van der Waals surface area (Å²) in [5.41, 5.74) is 4.02. The normalized spacial score (nSPS) is 25.7. The Hall–Kier alpha value is -2.62. The first kappa shape index (κ1) is 18.4. The van der Waals surface area contributed by atoms with E-state index in [0.29, 0.717) is 5.92 Å². The van der Waals surface area contributed by atoms with Gasteiger partial charge in [-0.15, -0.1) is 0 Å². The molecule has 3 nitrogen and oxygen atoms in total. The largest absolute Gasteiger partial charge is 0.377 e. The van der Waals surface area contributed by atoms with Crippen molar-refractivity contribution in [2.45, 2.75) is 44.1 Å². The minimum Gasteiger partial charge on any atom is -0.377 e. The molecular weight excluding hydrogens is 363 g/mol. The quantitative estimate of drug-likeness (QED) is 0.670. The Morgan fingerprint density at radius 1 is 1.00 bits per heavy atom. The van der Waals surface area contributed by atoms with Crippen LogP contribution in [0.4, 0.5) is 10.1 Å². The highest BCUT2D eigenvalue weighted by molar-refractivity contribution is 6.00. The lowest BCUT2D eigenvalue weighted by molar-refractivity contribution is 0.0762. The number of likely N-dealkylation sites (tertiary alicyclic amines) is 1. The second kappa shape index (κ2) is 7.66. The molecule has 1 amide bonds. The van der Waals surface area contributed by atoms with E-state index in [-0.39, 0.29) is 23.7 Å². The van der Waals surface area contributed by atoms with Crippen LogP contribution >= 0.6 is 0 Å². The molecule has 150 valence electrons. The number of benzene rings is 2. The fourth-order valence-electron chi connectivity index (χ4n) is 5.24. The van der Waals surface area contributed by atoms with Crippen molar-refractivity contribution in [3.8, 4) is 0 Å². The number of carbonyl (C=O) groups excluding carboxylic acids is 1. The minimum atomic E-state index is -0.219. The van der Waals surface area contributed by atoms with Crippen LogP contribution in [0.15, 0.2) is 54.6 Å². The van der Waals surface area contributed by atoms with E-state index < -0.39 is 0 Å². The monoisotopic (exact) mass is 390 g/mol. The highest BCUT2D eigenvalue weighted by atomic mass is 19.1. The van der Waals surface area contributed by atoms with Crippen LogP contribution in [0, 0.1) is 11.7 Å². The van der Waals surface area contributed by atoms with E-state index in [1.165, 1.54) is 30.5 Å². The molecule has 2 aliphatic heterocycles. The Kier molecular flexibility index (Phi) is 4.86. The van der Waals surface area contributed by atoms with E-state index in [1.54, 1.807) is 0 Å². The molecule has 1 aliphatic carbocycles. The van der Waals surface area contributed by atoms with Gasteiger partial charge in [0.05, 0.1) is 17.3 Å². The van der Waals surface area contributed by atoms with Gasteiger partial charge in [0.2, 0.25) is 0 Å². The lowest BCUT2D eigenvalue weighted by Gasteiger charge is -2.38. The van der Waals surface area contributed by atoms with Crippen LogP contribution in [0.2, 0.25) is 0 Å². The molecule has 5 rings (SSSR count). The molecule has 2 aromatic rings. The summed E-state index contributed by atoms with van der Waals surface area (Å²) in [5.74, 6) is 0.590. The molecular formula is C25H27FN2O. The minimum absolute atomic E-state index is 0.0705. The highest BCUT2D eigenvalue weighted by Crippen LogP contribution is 2.50. The number of nitrogens with one attached hydrogen (secondary N) is 1. The molecule has 4 heteroatoms. The Labute approximate surface area is 171 Å². The summed E-state index contributed by atoms with van der Waals surface area (Å²) >= 11 is 0. The first-order valence-electron chi connectivity index (χ1n) is 10.8. The number of halogens is 1. The number of anilines is 1. The second-order valence-electron chi connectivity index (χ2n) is 8.50. The van der Waals surface area contributed by atoms with E-state index in [4.69, 9.17) is 0 Å². The lowest BCUT2D eigenvalue weighted by atomic mass is 9.76. The van der Waals surface area contributed by atoms with Gasteiger partial charge in [0.25, 0.3) is 5.91 Å². The van der Waals surface area contributed by atoms with Crippen molar-refractivity contribution >= 4 is 11.6 Å². The third-order valence-electron chi connectivity index (χ3n) is 6.75. The number of allylic oxidation sites excluding steroid dienone is 2. The van der Waals surface area contributed by atoms with Crippen molar-refractivity contribution in [3.05, 3.63) is 77.1 Å². The van der Waals surface area contributed by atoms with Crippen LogP contribution in [-0.2, 0) is 0 Å². The maximum Gasteiger partial charge on any atom is 0.255 e. The van der Waals surface area contributed by atoms with Crippen LogP contribution in [0.1, 0.15) is 65.5 Å². The molecule has 3 aliphatic rings. The molecule has 0 spiro atoms. The molecule has 2 heterocycles. The van der Waals surface area contributed by atoms with Crippen molar-refractivity contribution in [1.82, 2.24) is 4.90 Å². The molecule has 0 radical (unpaired) electrons. The van der Waals surface area contributed by atoms with Gasteiger partial charge in [-0.25, -0.2) is 4.39 Å². The van der Waals surface area contributed by atoms with Gasteiger partial charge in [-0.1, -0.05) is 49.3 Å². The molecule has 1 fully saturated rings. The lowest BCUT2D eigenvalue weighted by Crippen LogP contribution is -2.35. The molecule has 0 aromatic heterocycles. The zero-order chi connectivity index (χ0) is 19.8. The third-order valence-corrected chi connectivity index (χ3v) is 6.75. The van der Waals surface area contributed by atoms with Crippen LogP contribution in [0.3, 0.4) is 0 Å². The number of carbonyl (C=O) groups is 1. The Morgan fingerprint density at radius 2 is 1.76 bits per heavy atom. The zero-order valence-corrected chi connectivity index (χ0v) is 16.6. The maximum absolute atomic E-state index is 13.5. The fourth-order valence-corrected chi connectivity index (χ4v) is 5.24. The van der Waals surface area contributed by atoms with Gasteiger partial charge >= 0.3 is 0 Å². The van der Waals surface area contributed by atoms with Crippen LogP contribution < -0.4 is 5.32 Å². The summed E-state index contributed by atoms with van der Waals surface area (Å²) < 4.78 is 13.5. The summed E-state index contributed by atoms with van der Waals surface area (Å²) in [5, 5.41) is 3.70.